The lowest BCUT2D eigenvalue weighted by Crippen LogP contribution is -2.58. The molecule has 0 saturated carbocycles. The summed E-state index contributed by atoms with van der Waals surface area (Å²) < 4.78 is 0. The Morgan fingerprint density at radius 2 is 1.82 bits per heavy atom. The molecule has 4 unspecified atom stereocenters. The molecule has 1 aliphatic rings. The van der Waals surface area contributed by atoms with E-state index in [0.717, 1.165) is 0 Å². The van der Waals surface area contributed by atoms with Gasteiger partial charge in [0.2, 0.25) is 17.7 Å². The quantitative estimate of drug-likeness (QED) is 0.386. The highest BCUT2D eigenvalue weighted by Gasteiger charge is 2.38. The number of likely N-dealkylation sites (tertiary alicyclic amines) is 1. The third-order valence-electron chi connectivity index (χ3n) is 4.71. The van der Waals surface area contributed by atoms with Crippen molar-refractivity contribution >= 4 is 35.5 Å². The number of carbonyl (C=O) groups excluding carboxylic acids is 3. The minimum atomic E-state index is -1.04. The van der Waals surface area contributed by atoms with Crippen molar-refractivity contribution in [3.8, 4) is 0 Å². The SMILES string of the molecule is CSCCC(NC(=O)C(NC(=O)C(C)N)C(C)C)C(=O)N1CCCC1C(=O)O. The van der Waals surface area contributed by atoms with Crippen molar-refractivity contribution in [2.45, 2.75) is 64.2 Å². The number of thioether (sulfide) groups is 1. The zero-order valence-electron chi connectivity index (χ0n) is 16.9. The van der Waals surface area contributed by atoms with Gasteiger partial charge in [-0.2, -0.15) is 11.8 Å². The van der Waals surface area contributed by atoms with Crippen LogP contribution in [0.2, 0.25) is 0 Å². The molecular weight excluding hydrogens is 384 g/mol. The molecule has 1 saturated heterocycles. The number of aliphatic carboxylic acids is 1. The molecule has 160 valence electrons. The lowest BCUT2D eigenvalue weighted by molar-refractivity contribution is -0.149. The van der Waals surface area contributed by atoms with Crippen LogP contribution in [0, 0.1) is 5.92 Å². The van der Waals surface area contributed by atoms with Gasteiger partial charge in [-0.05, 0) is 44.1 Å². The fraction of sp³-hybridized carbons (Fsp3) is 0.778. The molecule has 0 aromatic rings. The first-order chi connectivity index (χ1) is 13.1. The highest BCUT2D eigenvalue weighted by atomic mass is 32.2. The zero-order valence-corrected chi connectivity index (χ0v) is 17.8. The third kappa shape index (κ3) is 6.66. The van der Waals surface area contributed by atoms with Crippen LogP contribution in [0.25, 0.3) is 0 Å². The Kier molecular flexibility index (Phi) is 9.74. The highest BCUT2D eigenvalue weighted by molar-refractivity contribution is 7.98. The van der Waals surface area contributed by atoms with Crippen molar-refractivity contribution in [2.24, 2.45) is 11.7 Å². The van der Waals surface area contributed by atoms with E-state index < -0.39 is 47.9 Å². The first-order valence-electron chi connectivity index (χ1n) is 9.48. The number of carboxylic acids is 1. The third-order valence-corrected chi connectivity index (χ3v) is 5.35. The van der Waals surface area contributed by atoms with Gasteiger partial charge in [0.25, 0.3) is 0 Å². The largest absolute Gasteiger partial charge is 0.480 e. The molecule has 0 aromatic carbocycles. The molecule has 0 spiro atoms. The summed E-state index contributed by atoms with van der Waals surface area (Å²) in [5, 5.41) is 14.7. The first-order valence-corrected chi connectivity index (χ1v) is 10.9. The zero-order chi connectivity index (χ0) is 21.4. The van der Waals surface area contributed by atoms with E-state index in [2.05, 4.69) is 10.6 Å². The van der Waals surface area contributed by atoms with Gasteiger partial charge in [-0.1, -0.05) is 13.8 Å². The molecule has 0 aromatic heterocycles. The molecule has 1 fully saturated rings. The molecule has 5 N–H and O–H groups in total. The van der Waals surface area contributed by atoms with E-state index in [1.165, 1.54) is 23.6 Å². The number of carbonyl (C=O) groups is 4. The number of hydrogen-bond acceptors (Lipinski definition) is 6. The summed E-state index contributed by atoms with van der Waals surface area (Å²) in [5.74, 6) is -1.95. The predicted molar refractivity (Wildman–Crippen MR) is 108 cm³/mol. The molecular formula is C18H32N4O5S. The van der Waals surface area contributed by atoms with Gasteiger partial charge in [-0.3, -0.25) is 14.4 Å². The van der Waals surface area contributed by atoms with Crippen LogP contribution in [-0.2, 0) is 19.2 Å². The number of nitrogens with two attached hydrogens (primary N) is 1. The molecule has 28 heavy (non-hydrogen) atoms. The summed E-state index contributed by atoms with van der Waals surface area (Å²) >= 11 is 1.53. The highest BCUT2D eigenvalue weighted by Crippen LogP contribution is 2.20. The van der Waals surface area contributed by atoms with Crippen LogP contribution in [-0.4, -0.2) is 76.4 Å². The minimum Gasteiger partial charge on any atom is -0.480 e. The molecule has 0 aliphatic carbocycles. The van der Waals surface area contributed by atoms with Crippen LogP contribution < -0.4 is 16.4 Å². The summed E-state index contributed by atoms with van der Waals surface area (Å²) in [5.41, 5.74) is 5.56. The maximum absolute atomic E-state index is 13.0. The Labute approximate surface area is 170 Å². The van der Waals surface area contributed by atoms with Crippen LogP contribution >= 0.6 is 11.8 Å². The summed E-state index contributed by atoms with van der Waals surface area (Å²) in [7, 11) is 0. The maximum Gasteiger partial charge on any atom is 0.326 e. The van der Waals surface area contributed by atoms with E-state index >= 15 is 0 Å². The standard InChI is InChI=1S/C18H32N4O5S/c1-10(2)14(21-15(23)11(3)19)16(24)20-12(7-9-28-4)17(25)22-8-5-6-13(22)18(26)27/h10-14H,5-9,19H2,1-4H3,(H,20,24)(H,21,23)(H,26,27). The Hall–Kier alpha value is -1.81. The van der Waals surface area contributed by atoms with Crippen LogP contribution in [0.15, 0.2) is 0 Å². The fourth-order valence-corrected chi connectivity index (χ4v) is 3.53. The molecule has 0 radical (unpaired) electrons. The second-order valence-corrected chi connectivity index (χ2v) is 8.38. The van der Waals surface area contributed by atoms with Crippen molar-refractivity contribution in [2.75, 3.05) is 18.6 Å². The average Bonchev–Trinajstić information content (AvgIpc) is 3.11. The fourth-order valence-electron chi connectivity index (χ4n) is 3.06. The van der Waals surface area contributed by atoms with Crippen LogP contribution in [0.3, 0.4) is 0 Å². The van der Waals surface area contributed by atoms with Crippen LogP contribution in [0.5, 0.6) is 0 Å². The monoisotopic (exact) mass is 416 g/mol. The summed E-state index contributed by atoms with van der Waals surface area (Å²) in [6.45, 7) is 5.45. The van der Waals surface area contributed by atoms with Gasteiger partial charge in [-0.15, -0.1) is 0 Å². The number of hydrogen-bond donors (Lipinski definition) is 4. The van der Waals surface area contributed by atoms with E-state index in [4.69, 9.17) is 5.73 Å². The van der Waals surface area contributed by atoms with E-state index in [1.54, 1.807) is 13.8 Å². The van der Waals surface area contributed by atoms with Crippen LogP contribution in [0.4, 0.5) is 0 Å². The van der Waals surface area contributed by atoms with E-state index in [-0.39, 0.29) is 5.92 Å². The predicted octanol–water partition coefficient (Wildman–Crippen LogP) is -0.212. The van der Waals surface area contributed by atoms with Crippen molar-refractivity contribution < 1.29 is 24.3 Å². The van der Waals surface area contributed by atoms with E-state index in [0.29, 0.717) is 31.6 Å². The number of nitrogens with one attached hydrogen (secondary N) is 2. The van der Waals surface area contributed by atoms with Crippen molar-refractivity contribution in [1.29, 1.82) is 0 Å². The van der Waals surface area contributed by atoms with E-state index in [9.17, 15) is 24.3 Å². The lowest BCUT2D eigenvalue weighted by atomic mass is 10.0. The normalized spacial score (nSPS) is 19.8. The molecule has 4 atom stereocenters. The van der Waals surface area contributed by atoms with Gasteiger partial charge in [0.1, 0.15) is 18.1 Å². The second-order valence-electron chi connectivity index (χ2n) is 7.39. The Balaban J connectivity index is 2.93. The van der Waals surface area contributed by atoms with Crippen LogP contribution in [0.1, 0.15) is 40.0 Å². The number of rotatable bonds is 10. The second kappa shape index (κ2) is 11.3. The number of amides is 3. The van der Waals surface area contributed by atoms with Gasteiger partial charge in [0, 0.05) is 6.54 Å². The van der Waals surface area contributed by atoms with Gasteiger partial charge in [0.05, 0.1) is 6.04 Å². The van der Waals surface area contributed by atoms with Gasteiger partial charge < -0.3 is 26.4 Å². The molecule has 3 amide bonds. The van der Waals surface area contributed by atoms with Gasteiger partial charge in [-0.25, -0.2) is 4.79 Å². The number of carboxylic acid groups (broad SMARTS) is 1. The molecule has 1 rings (SSSR count). The van der Waals surface area contributed by atoms with Crippen molar-refractivity contribution in [3.63, 3.8) is 0 Å². The first kappa shape index (κ1) is 24.2. The molecule has 1 heterocycles. The van der Waals surface area contributed by atoms with Gasteiger partial charge >= 0.3 is 5.97 Å². The summed E-state index contributed by atoms with van der Waals surface area (Å²) in [6, 6.07) is -3.30. The topological polar surface area (TPSA) is 142 Å². The van der Waals surface area contributed by atoms with E-state index in [1.807, 2.05) is 6.26 Å². The summed E-state index contributed by atoms with van der Waals surface area (Å²) in [4.78, 5) is 50.4. The molecule has 1 aliphatic heterocycles. The molecule has 9 nitrogen and oxygen atoms in total. The van der Waals surface area contributed by atoms with Gasteiger partial charge in [0.15, 0.2) is 0 Å². The Morgan fingerprint density at radius 3 is 2.32 bits per heavy atom. The Morgan fingerprint density at radius 1 is 1.18 bits per heavy atom. The Bertz CT molecular complexity index is 584. The summed E-state index contributed by atoms with van der Waals surface area (Å²) in [6.07, 6.45) is 3.29. The smallest absolute Gasteiger partial charge is 0.326 e. The molecule has 0 bridgehead atoms. The average molecular weight is 417 g/mol. The van der Waals surface area contributed by atoms with Crippen molar-refractivity contribution in [1.82, 2.24) is 15.5 Å². The van der Waals surface area contributed by atoms with Crippen molar-refractivity contribution in [3.05, 3.63) is 0 Å². The number of nitrogens with zero attached hydrogens (tertiary/aromatic N) is 1. The minimum absolute atomic E-state index is 0.211. The maximum atomic E-state index is 13.0. The lowest BCUT2D eigenvalue weighted by Gasteiger charge is -2.29. The molecule has 10 heteroatoms.